The van der Waals surface area contributed by atoms with Gasteiger partial charge in [-0.25, -0.2) is 4.98 Å². The van der Waals surface area contributed by atoms with Crippen molar-refractivity contribution >= 4 is 34.1 Å². The molecule has 4 nitrogen and oxygen atoms in total. The molecular formula is C19H17N3OS. The van der Waals surface area contributed by atoms with Crippen molar-refractivity contribution in [3.8, 4) is 11.3 Å². The average molecular weight is 335 g/mol. The van der Waals surface area contributed by atoms with E-state index in [1.54, 1.807) is 6.08 Å². The first-order chi connectivity index (χ1) is 11.6. The summed E-state index contributed by atoms with van der Waals surface area (Å²) in [4.78, 5) is 16.3. The van der Waals surface area contributed by atoms with Gasteiger partial charge >= 0.3 is 0 Å². The quantitative estimate of drug-likeness (QED) is 0.696. The number of hydrogen-bond donors (Lipinski definition) is 2. The summed E-state index contributed by atoms with van der Waals surface area (Å²) < 4.78 is 0. The van der Waals surface area contributed by atoms with Gasteiger partial charge in [0.25, 0.3) is 0 Å². The summed E-state index contributed by atoms with van der Waals surface area (Å²) in [5.41, 5.74) is 10.3. The Bertz CT molecular complexity index is 882. The van der Waals surface area contributed by atoms with Gasteiger partial charge in [-0.1, -0.05) is 42.0 Å². The zero-order valence-electron chi connectivity index (χ0n) is 13.2. The van der Waals surface area contributed by atoms with Crippen LogP contribution in [-0.4, -0.2) is 10.9 Å². The molecule has 0 atom stereocenters. The van der Waals surface area contributed by atoms with Crippen molar-refractivity contribution in [3.63, 3.8) is 0 Å². The number of nitrogen functional groups attached to an aromatic ring is 1. The van der Waals surface area contributed by atoms with Crippen LogP contribution >= 0.6 is 11.3 Å². The average Bonchev–Trinajstić information content (AvgIpc) is 3.01. The number of hydrogen-bond acceptors (Lipinski definition) is 4. The number of aromatic nitrogens is 1. The molecule has 0 aliphatic carbocycles. The Morgan fingerprint density at radius 2 is 2.00 bits per heavy atom. The lowest BCUT2D eigenvalue weighted by atomic mass is 10.1. The van der Waals surface area contributed by atoms with E-state index in [9.17, 15) is 4.79 Å². The van der Waals surface area contributed by atoms with Crippen LogP contribution in [0.5, 0.6) is 0 Å². The Morgan fingerprint density at radius 1 is 1.21 bits per heavy atom. The van der Waals surface area contributed by atoms with Gasteiger partial charge in [-0.05, 0) is 30.7 Å². The number of amides is 1. The van der Waals surface area contributed by atoms with E-state index in [2.05, 4.69) is 10.3 Å². The van der Waals surface area contributed by atoms with Crippen molar-refractivity contribution in [2.45, 2.75) is 6.92 Å². The summed E-state index contributed by atoms with van der Waals surface area (Å²) in [5.74, 6) is -0.175. The number of thiazole rings is 1. The molecule has 0 spiro atoms. The van der Waals surface area contributed by atoms with Crippen LogP contribution in [0, 0.1) is 6.92 Å². The van der Waals surface area contributed by atoms with Crippen LogP contribution in [0.15, 0.2) is 60.0 Å². The number of rotatable bonds is 4. The third-order valence-corrected chi connectivity index (χ3v) is 4.13. The fraction of sp³-hybridized carbons (Fsp3) is 0.0526. The van der Waals surface area contributed by atoms with Gasteiger partial charge in [-0.2, -0.15) is 0 Å². The van der Waals surface area contributed by atoms with Gasteiger partial charge < -0.3 is 11.1 Å². The molecule has 24 heavy (non-hydrogen) atoms. The lowest BCUT2D eigenvalue weighted by molar-refractivity contribution is -0.111. The van der Waals surface area contributed by atoms with Gasteiger partial charge in [-0.15, -0.1) is 11.3 Å². The zero-order chi connectivity index (χ0) is 16.9. The maximum Gasteiger partial charge on any atom is 0.248 e. The maximum absolute atomic E-state index is 12.1. The van der Waals surface area contributed by atoms with Gasteiger partial charge in [0, 0.05) is 22.7 Å². The van der Waals surface area contributed by atoms with Gasteiger partial charge in [0.05, 0.1) is 5.69 Å². The summed E-state index contributed by atoms with van der Waals surface area (Å²) >= 11 is 1.39. The molecule has 0 saturated carbocycles. The number of carbonyl (C=O) groups is 1. The van der Waals surface area contributed by atoms with Crippen LogP contribution in [-0.2, 0) is 4.79 Å². The van der Waals surface area contributed by atoms with Crippen LogP contribution < -0.4 is 11.1 Å². The van der Waals surface area contributed by atoms with Crippen molar-refractivity contribution < 1.29 is 4.79 Å². The largest absolute Gasteiger partial charge is 0.375 e. The molecule has 1 amide bonds. The van der Waals surface area contributed by atoms with Crippen molar-refractivity contribution in [1.82, 2.24) is 4.98 Å². The second-order valence-corrected chi connectivity index (χ2v) is 6.27. The van der Waals surface area contributed by atoms with Crippen LogP contribution in [0.1, 0.15) is 11.1 Å². The number of nitrogens with two attached hydrogens (primary N) is 1. The van der Waals surface area contributed by atoms with E-state index in [4.69, 9.17) is 5.73 Å². The summed E-state index contributed by atoms with van der Waals surface area (Å²) in [6.45, 7) is 2.03. The number of nitrogens with one attached hydrogen (secondary N) is 1. The Morgan fingerprint density at radius 3 is 2.71 bits per heavy atom. The molecule has 5 heteroatoms. The van der Waals surface area contributed by atoms with E-state index >= 15 is 0 Å². The molecule has 0 saturated heterocycles. The summed E-state index contributed by atoms with van der Waals surface area (Å²) in [6, 6.07) is 15.5. The number of aryl methyl sites for hydroxylation is 1. The van der Waals surface area contributed by atoms with E-state index in [1.807, 2.05) is 60.8 Å². The van der Waals surface area contributed by atoms with Crippen LogP contribution in [0.25, 0.3) is 17.3 Å². The lowest BCUT2D eigenvalue weighted by Crippen LogP contribution is -2.07. The first-order valence-electron chi connectivity index (χ1n) is 7.47. The van der Waals surface area contributed by atoms with Gasteiger partial charge in [-0.3, -0.25) is 4.79 Å². The fourth-order valence-electron chi connectivity index (χ4n) is 2.21. The third-order valence-electron chi connectivity index (χ3n) is 3.45. The molecule has 0 radical (unpaired) electrons. The molecule has 3 aromatic rings. The molecule has 0 unspecified atom stereocenters. The van der Waals surface area contributed by atoms with Crippen LogP contribution in [0.3, 0.4) is 0 Å². The predicted octanol–water partition coefficient (Wildman–Crippen LogP) is 4.35. The van der Waals surface area contributed by atoms with Gasteiger partial charge in [0.2, 0.25) is 5.91 Å². The number of anilines is 2. The van der Waals surface area contributed by atoms with Gasteiger partial charge in [0.15, 0.2) is 5.13 Å². The molecule has 2 aromatic carbocycles. The van der Waals surface area contributed by atoms with Crippen molar-refractivity contribution in [3.05, 3.63) is 71.1 Å². The van der Waals surface area contributed by atoms with E-state index in [1.165, 1.54) is 23.0 Å². The molecule has 3 N–H and O–H groups in total. The number of carbonyl (C=O) groups excluding carboxylic acids is 1. The van der Waals surface area contributed by atoms with Crippen molar-refractivity contribution in [2.24, 2.45) is 0 Å². The van der Waals surface area contributed by atoms with E-state index in [-0.39, 0.29) is 5.91 Å². The van der Waals surface area contributed by atoms with Crippen LogP contribution in [0.4, 0.5) is 10.8 Å². The Labute approximate surface area is 144 Å². The predicted molar refractivity (Wildman–Crippen MR) is 101 cm³/mol. The minimum Gasteiger partial charge on any atom is -0.375 e. The highest BCUT2D eigenvalue weighted by Gasteiger charge is 2.04. The topological polar surface area (TPSA) is 68.0 Å². The molecule has 3 rings (SSSR count). The molecule has 0 aliphatic rings. The molecule has 0 aliphatic heterocycles. The fourth-order valence-corrected chi connectivity index (χ4v) is 2.78. The number of nitrogens with zero attached hydrogens (tertiary/aromatic N) is 1. The second kappa shape index (κ2) is 7.10. The van der Waals surface area contributed by atoms with E-state index < -0.39 is 0 Å². The molecule has 0 bridgehead atoms. The highest BCUT2D eigenvalue weighted by molar-refractivity contribution is 7.13. The number of benzene rings is 2. The van der Waals surface area contributed by atoms with Crippen LogP contribution in [0.2, 0.25) is 0 Å². The smallest absolute Gasteiger partial charge is 0.248 e. The summed E-state index contributed by atoms with van der Waals surface area (Å²) in [6.07, 6.45) is 3.32. The first kappa shape index (κ1) is 16.0. The third kappa shape index (κ3) is 4.08. The Hall–Kier alpha value is -2.92. The highest BCUT2D eigenvalue weighted by Crippen LogP contribution is 2.25. The van der Waals surface area contributed by atoms with E-state index in [0.29, 0.717) is 5.13 Å². The monoisotopic (exact) mass is 335 g/mol. The Balaban J connectivity index is 1.69. The first-order valence-corrected chi connectivity index (χ1v) is 8.35. The van der Waals surface area contributed by atoms with Gasteiger partial charge in [0.1, 0.15) is 0 Å². The molecule has 1 aromatic heterocycles. The molecular weight excluding hydrogens is 318 g/mol. The van der Waals surface area contributed by atoms with Crippen molar-refractivity contribution in [1.29, 1.82) is 0 Å². The SMILES string of the molecule is Cc1ccc(/C=C/C(=O)Nc2cccc(-c3csc(N)n3)c2)cc1. The summed E-state index contributed by atoms with van der Waals surface area (Å²) in [7, 11) is 0. The maximum atomic E-state index is 12.1. The second-order valence-electron chi connectivity index (χ2n) is 5.39. The normalized spacial score (nSPS) is 10.9. The van der Waals surface area contributed by atoms with E-state index in [0.717, 1.165) is 22.5 Å². The molecule has 0 fully saturated rings. The molecule has 1 heterocycles. The zero-order valence-corrected chi connectivity index (χ0v) is 14.0. The minimum atomic E-state index is -0.175. The summed E-state index contributed by atoms with van der Waals surface area (Å²) in [5, 5.41) is 5.28. The highest BCUT2D eigenvalue weighted by atomic mass is 32.1. The van der Waals surface area contributed by atoms with Crippen molar-refractivity contribution in [2.75, 3.05) is 11.1 Å². The standard InChI is InChI=1S/C19H17N3OS/c1-13-5-7-14(8-6-13)9-10-18(23)21-16-4-2-3-15(11-16)17-12-24-19(20)22-17/h2-12H,1H3,(H2,20,22)(H,21,23)/b10-9+. The Kier molecular flexibility index (Phi) is 4.72. The minimum absolute atomic E-state index is 0.175. The molecule has 120 valence electrons. The lowest BCUT2D eigenvalue weighted by Gasteiger charge is -2.04.